The molecule has 0 spiro atoms. The van der Waals surface area contributed by atoms with E-state index in [2.05, 4.69) is 4.90 Å². The Morgan fingerprint density at radius 2 is 2.00 bits per heavy atom. The van der Waals surface area contributed by atoms with E-state index in [0.717, 1.165) is 17.8 Å². The summed E-state index contributed by atoms with van der Waals surface area (Å²) in [5.74, 6) is -0.107. The molecule has 100 valence electrons. The molecular formula is C15H17FN2O. The molecule has 0 heterocycles. The van der Waals surface area contributed by atoms with Crippen molar-refractivity contribution in [2.45, 2.75) is 13.5 Å². The third kappa shape index (κ3) is 3.16. The summed E-state index contributed by atoms with van der Waals surface area (Å²) in [5, 5.41) is 9.51. The van der Waals surface area contributed by atoms with Crippen molar-refractivity contribution in [3.05, 3.63) is 53.8 Å². The maximum Gasteiger partial charge on any atom is 0.125 e. The summed E-state index contributed by atoms with van der Waals surface area (Å²) in [6, 6.07) is 11.5. The molecule has 0 aliphatic rings. The summed E-state index contributed by atoms with van der Waals surface area (Å²) < 4.78 is 13.0. The zero-order valence-corrected chi connectivity index (χ0v) is 10.8. The zero-order chi connectivity index (χ0) is 13.8. The molecule has 3 nitrogen and oxygen atoms in total. The van der Waals surface area contributed by atoms with Gasteiger partial charge >= 0.3 is 0 Å². The highest BCUT2D eigenvalue weighted by atomic mass is 19.1. The molecule has 0 atom stereocenters. The average molecular weight is 260 g/mol. The first-order chi connectivity index (χ1) is 9.10. The first kappa shape index (κ1) is 13.2. The number of halogens is 1. The highest BCUT2D eigenvalue weighted by molar-refractivity contribution is 5.54. The molecule has 0 unspecified atom stereocenters. The third-order valence-electron chi connectivity index (χ3n) is 3.05. The minimum Gasteiger partial charge on any atom is -0.508 e. The molecule has 4 heteroatoms. The number of benzene rings is 2. The normalized spacial score (nSPS) is 10.4. The minimum atomic E-state index is -0.332. The Labute approximate surface area is 112 Å². The lowest BCUT2D eigenvalue weighted by Crippen LogP contribution is -2.22. The highest BCUT2D eigenvalue weighted by Gasteiger charge is 2.08. The van der Waals surface area contributed by atoms with E-state index in [1.54, 1.807) is 24.3 Å². The molecule has 0 aliphatic carbocycles. The molecule has 0 radical (unpaired) electrons. The predicted molar refractivity (Wildman–Crippen MR) is 75.6 cm³/mol. The van der Waals surface area contributed by atoms with Crippen molar-refractivity contribution < 1.29 is 9.50 Å². The van der Waals surface area contributed by atoms with Gasteiger partial charge in [0.2, 0.25) is 0 Å². The van der Waals surface area contributed by atoms with Gasteiger partial charge in [-0.25, -0.2) is 4.39 Å². The summed E-state index contributed by atoms with van der Waals surface area (Å²) in [6.07, 6.45) is 0. The fourth-order valence-electron chi connectivity index (χ4n) is 1.99. The first-order valence-corrected chi connectivity index (χ1v) is 6.18. The van der Waals surface area contributed by atoms with E-state index >= 15 is 0 Å². The number of nitrogens with zero attached hydrogens (tertiary/aromatic N) is 1. The van der Waals surface area contributed by atoms with Crippen LogP contribution in [0.25, 0.3) is 0 Å². The van der Waals surface area contributed by atoms with Gasteiger partial charge in [-0.2, -0.15) is 0 Å². The van der Waals surface area contributed by atoms with Gasteiger partial charge in [-0.05, 0) is 36.8 Å². The standard InChI is InChI=1S/C15H17FN2O/c1-2-18(13-4-3-5-14(19)9-13)10-11-6-7-12(16)8-15(11)17/h3-9,19H,2,10,17H2,1H3. The Morgan fingerprint density at radius 1 is 1.21 bits per heavy atom. The van der Waals surface area contributed by atoms with Gasteiger partial charge in [-0.15, -0.1) is 0 Å². The van der Waals surface area contributed by atoms with E-state index < -0.39 is 0 Å². The average Bonchev–Trinajstić information content (AvgIpc) is 2.38. The number of aromatic hydroxyl groups is 1. The van der Waals surface area contributed by atoms with Gasteiger partial charge in [-0.1, -0.05) is 12.1 Å². The van der Waals surface area contributed by atoms with E-state index in [0.29, 0.717) is 12.2 Å². The molecular weight excluding hydrogens is 243 g/mol. The molecule has 3 N–H and O–H groups in total. The van der Waals surface area contributed by atoms with Gasteiger partial charge in [0.25, 0.3) is 0 Å². The highest BCUT2D eigenvalue weighted by Crippen LogP contribution is 2.23. The van der Waals surface area contributed by atoms with Gasteiger partial charge in [0, 0.05) is 30.5 Å². The maximum atomic E-state index is 13.0. The van der Waals surface area contributed by atoms with Crippen LogP contribution in [-0.4, -0.2) is 11.7 Å². The Balaban J connectivity index is 2.24. The smallest absolute Gasteiger partial charge is 0.125 e. The van der Waals surface area contributed by atoms with Gasteiger partial charge < -0.3 is 15.7 Å². The van der Waals surface area contributed by atoms with Crippen LogP contribution < -0.4 is 10.6 Å². The summed E-state index contributed by atoms with van der Waals surface area (Å²) in [7, 11) is 0. The SMILES string of the molecule is CCN(Cc1ccc(F)cc1N)c1cccc(O)c1. The van der Waals surface area contributed by atoms with Crippen molar-refractivity contribution in [3.8, 4) is 5.75 Å². The molecule has 0 saturated heterocycles. The summed E-state index contributed by atoms with van der Waals surface area (Å²) in [6.45, 7) is 3.36. The molecule has 2 aromatic rings. The topological polar surface area (TPSA) is 49.5 Å². The van der Waals surface area contributed by atoms with Crippen LogP contribution in [0.5, 0.6) is 5.75 Å². The quantitative estimate of drug-likeness (QED) is 0.830. The second kappa shape index (κ2) is 5.61. The van der Waals surface area contributed by atoms with Crippen molar-refractivity contribution in [2.75, 3.05) is 17.2 Å². The van der Waals surface area contributed by atoms with Gasteiger partial charge in [0.1, 0.15) is 11.6 Å². The number of hydrogen-bond acceptors (Lipinski definition) is 3. The number of phenolic OH excluding ortho intramolecular Hbond substituents is 1. The fraction of sp³-hybridized carbons (Fsp3) is 0.200. The van der Waals surface area contributed by atoms with Crippen LogP contribution in [0.1, 0.15) is 12.5 Å². The van der Waals surface area contributed by atoms with Crippen molar-refractivity contribution in [2.24, 2.45) is 0 Å². The molecule has 2 aromatic carbocycles. The van der Waals surface area contributed by atoms with Crippen LogP contribution in [0, 0.1) is 5.82 Å². The van der Waals surface area contributed by atoms with E-state index in [9.17, 15) is 9.50 Å². The largest absolute Gasteiger partial charge is 0.508 e. The van der Waals surface area contributed by atoms with Crippen LogP contribution in [0.15, 0.2) is 42.5 Å². The van der Waals surface area contributed by atoms with E-state index in [4.69, 9.17) is 5.73 Å². The maximum absolute atomic E-state index is 13.0. The first-order valence-electron chi connectivity index (χ1n) is 6.18. The number of rotatable bonds is 4. The van der Waals surface area contributed by atoms with E-state index in [1.165, 1.54) is 12.1 Å². The number of nitrogens with two attached hydrogens (primary N) is 1. The van der Waals surface area contributed by atoms with Crippen LogP contribution in [-0.2, 0) is 6.54 Å². The van der Waals surface area contributed by atoms with Gasteiger partial charge in [0.15, 0.2) is 0 Å². The molecule has 2 rings (SSSR count). The zero-order valence-electron chi connectivity index (χ0n) is 10.8. The molecule has 19 heavy (non-hydrogen) atoms. The molecule has 0 fully saturated rings. The lowest BCUT2D eigenvalue weighted by molar-refractivity contribution is 0.475. The monoisotopic (exact) mass is 260 g/mol. The van der Waals surface area contributed by atoms with Crippen LogP contribution in [0.4, 0.5) is 15.8 Å². The lowest BCUT2D eigenvalue weighted by Gasteiger charge is -2.24. The van der Waals surface area contributed by atoms with E-state index in [1.807, 2.05) is 13.0 Å². The lowest BCUT2D eigenvalue weighted by atomic mass is 10.1. The second-order valence-electron chi connectivity index (χ2n) is 4.38. The Kier molecular flexibility index (Phi) is 3.90. The Bertz CT molecular complexity index is 572. The summed E-state index contributed by atoms with van der Waals surface area (Å²) in [4.78, 5) is 2.06. The van der Waals surface area contributed by atoms with Crippen LogP contribution in [0.2, 0.25) is 0 Å². The van der Waals surface area contributed by atoms with Crippen LogP contribution in [0.3, 0.4) is 0 Å². The number of nitrogen functional groups attached to an aromatic ring is 1. The van der Waals surface area contributed by atoms with Crippen molar-refractivity contribution in [3.63, 3.8) is 0 Å². The van der Waals surface area contributed by atoms with Crippen molar-refractivity contribution in [1.82, 2.24) is 0 Å². The molecule has 0 bridgehead atoms. The van der Waals surface area contributed by atoms with E-state index in [-0.39, 0.29) is 11.6 Å². The van der Waals surface area contributed by atoms with Gasteiger partial charge in [-0.3, -0.25) is 0 Å². The molecule has 0 saturated carbocycles. The predicted octanol–water partition coefficient (Wildman–Crippen LogP) is 3.14. The molecule has 0 amide bonds. The number of anilines is 2. The molecule has 0 aliphatic heterocycles. The minimum absolute atomic E-state index is 0.225. The summed E-state index contributed by atoms with van der Waals surface area (Å²) >= 11 is 0. The fourth-order valence-corrected chi connectivity index (χ4v) is 1.99. The van der Waals surface area contributed by atoms with Crippen molar-refractivity contribution >= 4 is 11.4 Å². The number of hydrogen-bond donors (Lipinski definition) is 2. The second-order valence-corrected chi connectivity index (χ2v) is 4.38. The Morgan fingerprint density at radius 3 is 2.63 bits per heavy atom. The van der Waals surface area contributed by atoms with Gasteiger partial charge in [0.05, 0.1) is 0 Å². The van der Waals surface area contributed by atoms with Crippen LogP contribution >= 0.6 is 0 Å². The summed E-state index contributed by atoms with van der Waals surface area (Å²) in [5.41, 5.74) is 8.04. The molecule has 0 aromatic heterocycles. The Hall–Kier alpha value is -2.23. The van der Waals surface area contributed by atoms with Crippen molar-refractivity contribution in [1.29, 1.82) is 0 Å². The number of phenols is 1. The third-order valence-corrected chi connectivity index (χ3v) is 3.05.